The number of aliphatic hydroxyl groups excluding tert-OH is 2. The summed E-state index contributed by atoms with van der Waals surface area (Å²) in [6, 6.07) is 20.6. The van der Waals surface area contributed by atoms with Crippen LogP contribution in [-0.2, 0) is 0 Å². The van der Waals surface area contributed by atoms with E-state index in [1.165, 1.54) is 18.3 Å². The molecule has 1 aliphatic heterocycles. The first-order valence-corrected chi connectivity index (χ1v) is 14.2. The van der Waals surface area contributed by atoms with Crippen LogP contribution in [0.4, 0.5) is 10.5 Å². The average Bonchev–Trinajstić information content (AvgIpc) is 3.80. The van der Waals surface area contributed by atoms with Gasteiger partial charge in [-0.15, -0.1) is 0 Å². The van der Waals surface area contributed by atoms with E-state index in [1.807, 2.05) is 12.1 Å². The van der Waals surface area contributed by atoms with Crippen molar-refractivity contribution in [2.45, 2.75) is 6.10 Å². The van der Waals surface area contributed by atoms with Crippen LogP contribution in [0.5, 0.6) is 11.5 Å². The van der Waals surface area contributed by atoms with Gasteiger partial charge < -0.3 is 33.6 Å². The molecule has 2 amide bonds. The molecule has 1 unspecified atom stereocenters. The minimum absolute atomic E-state index is 0. The number of nitrogens with zero attached hydrogens (tertiary/aromatic N) is 4. The Hall–Kier alpha value is -4.97. The number of hydrogen-bond donors (Lipinski definition) is 3. The molecule has 16 nitrogen and oxygen atoms in total. The molecule has 6 rings (SSSR count). The molecular formula is C31H27ClN5NaO11. The number of benzene rings is 3. The largest absolute Gasteiger partial charge is 1.00 e. The van der Waals surface area contributed by atoms with Crippen LogP contribution in [0.1, 0.15) is 5.76 Å². The molecule has 0 saturated carbocycles. The molecule has 49 heavy (non-hydrogen) atoms. The molecule has 250 valence electrons. The third-order valence-electron chi connectivity index (χ3n) is 6.13. The van der Waals surface area contributed by atoms with E-state index in [1.54, 1.807) is 61.7 Å². The molecule has 0 bridgehead atoms. The fourth-order valence-corrected chi connectivity index (χ4v) is 4.01. The summed E-state index contributed by atoms with van der Waals surface area (Å²) in [7, 11) is 1.55. The molecule has 1 atom stereocenters. The maximum atomic E-state index is 11.3. The van der Waals surface area contributed by atoms with Gasteiger partial charge >= 0.3 is 41.3 Å². The number of hydrogen-bond acceptors (Lipinski definition) is 12. The number of nitro groups is 1. The number of aliphatic hydroxyl groups is 2. The number of non-ortho nitro benzene ring substituents is 1. The molecule has 3 aromatic carbocycles. The SMILES string of the molecule is COc1ccccc1OCC(O)CO.O=C1N=C([O-])CN1N=Cc1ccc(-c2ccc([N+](=O)[O-])cc2)o1.O=c1[nH]c2cc(Cl)ccc2o1.[Na+]. The van der Waals surface area contributed by atoms with Gasteiger partial charge in [-0.05, 0) is 60.5 Å². The van der Waals surface area contributed by atoms with E-state index in [0.717, 1.165) is 5.01 Å². The first-order valence-electron chi connectivity index (χ1n) is 13.8. The second-order valence-electron chi connectivity index (χ2n) is 9.55. The molecule has 18 heteroatoms. The van der Waals surface area contributed by atoms with Crippen molar-refractivity contribution in [3.8, 4) is 22.8 Å². The Morgan fingerprint density at radius 3 is 2.45 bits per heavy atom. The Morgan fingerprint density at radius 1 is 1.10 bits per heavy atom. The van der Waals surface area contributed by atoms with Gasteiger partial charge in [0.05, 0.1) is 36.9 Å². The number of aliphatic imine (C=N–C) groups is 1. The number of ether oxygens (including phenoxy) is 2. The summed E-state index contributed by atoms with van der Waals surface area (Å²) in [5.74, 6) is 1.03. The van der Waals surface area contributed by atoms with Gasteiger partial charge in [-0.25, -0.2) is 19.6 Å². The van der Waals surface area contributed by atoms with Gasteiger partial charge in [0.2, 0.25) is 0 Å². The molecule has 5 aromatic rings. The number of nitrogens with one attached hydrogen (secondary N) is 1. The number of urea groups is 1. The van der Waals surface area contributed by atoms with Crippen LogP contribution in [0, 0.1) is 10.1 Å². The predicted molar refractivity (Wildman–Crippen MR) is 171 cm³/mol. The van der Waals surface area contributed by atoms with Gasteiger partial charge in [0.25, 0.3) is 5.69 Å². The summed E-state index contributed by atoms with van der Waals surface area (Å²) in [6.07, 6.45) is 0.431. The van der Waals surface area contributed by atoms with Crippen LogP contribution in [0.3, 0.4) is 0 Å². The average molecular weight is 704 g/mol. The molecule has 0 saturated heterocycles. The van der Waals surface area contributed by atoms with Crippen LogP contribution in [0.2, 0.25) is 5.02 Å². The minimum atomic E-state index is -0.861. The molecule has 0 fully saturated rings. The number of carbonyl (C=O) groups is 1. The van der Waals surface area contributed by atoms with Crippen molar-refractivity contribution in [1.82, 2.24) is 9.99 Å². The van der Waals surface area contributed by atoms with Crippen LogP contribution < -0.4 is 49.9 Å². The molecule has 0 radical (unpaired) electrons. The third kappa shape index (κ3) is 11.3. The van der Waals surface area contributed by atoms with Crippen molar-refractivity contribution in [2.24, 2.45) is 10.1 Å². The Bertz CT molecular complexity index is 1970. The molecule has 3 heterocycles. The maximum absolute atomic E-state index is 11.3. The third-order valence-corrected chi connectivity index (χ3v) is 6.37. The molecule has 2 aromatic heterocycles. The number of nitro benzene ring substituents is 1. The summed E-state index contributed by atoms with van der Waals surface area (Å²) in [5, 5.41) is 44.6. The zero-order valence-corrected chi connectivity index (χ0v) is 28.8. The summed E-state index contributed by atoms with van der Waals surface area (Å²) >= 11 is 5.66. The normalized spacial score (nSPS) is 12.7. The first kappa shape index (κ1) is 38.5. The molecule has 0 spiro atoms. The minimum Gasteiger partial charge on any atom is -0.860 e. The number of H-pyrrole nitrogens is 1. The van der Waals surface area contributed by atoms with E-state index in [0.29, 0.717) is 44.7 Å². The zero-order valence-electron chi connectivity index (χ0n) is 26.0. The van der Waals surface area contributed by atoms with E-state index in [-0.39, 0.29) is 55.0 Å². The number of oxazole rings is 1. The van der Waals surface area contributed by atoms with E-state index in [2.05, 4.69) is 15.1 Å². The van der Waals surface area contributed by atoms with Crippen LogP contribution >= 0.6 is 11.6 Å². The van der Waals surface area contributed by atoms with Crippen LogP contribution in [-0.4, -0.2) is 76.2 Å². The standard InChI is InChI=1S/C14H10N4O5.C10H14O4.C7H4ClNO2.Na/c19-13-8-17(14(20)16-13)15-7-11-5-6-12(23-11)9-1-3-10(4-2-9)18(21)22;1-13-9-4-2-3-5-10(9)14-7-8(12)6-11;8-4-1-2-6-5(3-4)9-7(10)11-6;/h1-7H,8H2,(H,16,19,20);2-5,8,11-12H,6-7H2,1H3;1-3H,(H,9,10);/q;;;+1/p-1. The fraction of sp³-hybridized carbons (Fsp3) is 0.161. The smallest absolute Gasteiger partial charge is 0.860 e. The number of methoxy groups -OCH3 is 1. The van der Waals surface area contributed by atoms with Crippen LogP contribution in [0.15, 0.2) is 103 Å². The second-order valence-corrected chi connectivity index (χ2v) is 9.99. The van der Waals surface area contributed by atoms with Crippen molar-refractivity contribution in [3.05, 3.63) is 110 Å². The monoisotopic (exact) mass is 703 g/mol. The van der Waals surface area contributed by atoms with Gasteiger partial charge in [-0.3, -0.25) is 15.1 Å². The topological polar surface area (TPSA) is 229 Å². The number of carbonyl (C=O) groups excluding carboxylic acids is 1. The van der Waals surface area contributed by atoms with Gasteiger partial charge in [-0.2, -0.15) is 5.10 Å². The Morgan fingerprint density at radius 2 is 1.82 bits per heavy atom. The Balaban J connectivity index is 0.000000214. The number of para-hydroxylation sites is 2. The number of halogens is 1. The maximum Gasteiger partial charge on any atom is 1.00 e. The summed E-state index contributed by atoms with van der Waals surface area (Å²) < 4.78 is 20.6. The quantitative estimate of drug-likeness (QED) is 0.0832. The Labute approximate surface area is 304 Å². The predicted octanol–water partition coefficient (Wildman–Crippen LogP) is 0.589. The van der Waals surface area contributed by atoms with Crippen molar-refractivity contribution >= 4 is 46.5 Å². The molecular weight excluding hydrogens is 677 g/mol. The zero-order chi connectivity index (χ0) is 34.6. The number of amides is 2. The number of aromatic nitrogens is 1. The number of aromatic amines is 1. The molecule has 3 N–H and O–H groups in total. The van der Waals surface area contributed by atoms with Gasteiger partial charge in [0, 0.05) is 22.7 Å². The molecule has 1 aliphatic rings. The second kappa shape index (κ2) is 18.5. The van der Waals surface area contributed by atoms with E-state index in [4.69, 9.17) is 40.1 Å². The van der Waals surface area contributed by atoms with Crippen molar-refractivity contribution in [1.29, 1.82) is 0 Å². The van der Waals surface area contributed by atoms with Crippen molar-refractivity contribution < 1.29 is 72.9 Å². The van der Waals surface area contributed by atoms with Gasteiger partial charge in [0.1, 0.15) is 24.2 Å². The van der Waals surface area contributed by atoms with Crippen molar-refractivity contribution in [3.63, 3.8) is 0 Å². The summed E-state index contributed by atoms with van der Waals surface area (Å²) in [4.78, 5) is 37.7. The fourth-order valence-electron chi connectivity index (χ4n) is 3.84. The van der Waals surface area contributed by atoms with Gasteiger partial charge in [-0.1, -0.05) is 23.7 Å². The summed E-state index contributed by atoms with van der Waals surface area (Å²) in [6.45, 7) is -0.447. The Kier molecular flexibility index (Phi) is 14.6. The first-order chi connectivity index (χ1) is 23.1. The number of furan rings is 1. The number of fused-ring (bicyclic) bond motifs is 1. The summed E-state index contributed by atoms with van der Waals surface area (Å²) in [5.41, 5.74) is 1.81. The van der Waals surface area contributed by atoms with E-state index in [9.17, 15) is 24.8 Å². The number of hydrazone groups is 1. The van der Waals surface area contributed by atoms with E-state index >= 15 is 0 Å². The van der Waals surface area contributed by atoms with Gasteiger partial charge in [0.15, 0.2) is 17.1 Å². The number of rotatable bonds is 9. The van der Waals surface area contributed by atoms with Crippen LogP contribution in [0.25, 0.3) is 22.4 Å². The van der Waals surface area contributed by atoms with Crippen molar-refractivity contribution in [2.75, 3.05) is 26.9 Å². The molecule has 0 aliphatic carbocycles. The van der Waals surface area contributed by atoms with E-state index < -0.39 is 28.7 Å².